The molecule has 1 aromatic heterocycles. The van der Waals surface area contributed by atoms with Crippen LogP contribution in [-0.2, 0) is 0 Å². The summed E-state index contributed by atoms with van der Waals surface area (Å²) in [5, 5.41) is 5.82. The van der Waals surface area contributed by atoms with Crippen LogP contribution in [0.5, 0.6) is 0 Å². The second-order valence-corrected chi connectivity index (χ2v) is 6.19. The number of carbonyl (C=O) groups is 2. The number of halogens is 2. The number of furan rings is 1. The van der Waals surface area contributed by atoms with Gasteiger partial charge in [-0.1, -0.05) is 11.6 Å². The molecular formula is C15H12BrClN2O3. The molecule has 1 fully saturated rings. The Balaban J connectivity index is 1.71. The maximum absolute atomic E-state index is 12.0. The lowest BCUT2D eigenvalue weighted by molar-refractivity contribution is 0.0950. The van der Waals surface area contributed by atoms with E-state index >= 15 is 0 Å². The SMILES string of the molecule is O=C(Nc1ccc(C(=O)NC2CC2)c(Cl)c1)c1ccc(Br)o1. The Labute approximate surface area is 140 Å². The molecule has 3 rings (SSSR count). The maximum Gasteiger partial charge on any atom is 0.291 e. The van der Waals surface area contributed by atoms with Crippen molar-refractivity contribution in [3.63, 3.8) is 0 Å². The minimum Gasteiger partial charge on any atom is -0.444 e. The summed E-state index contributed by atoms with van der Waals surface area (Å²) < 4.78 is 5.64. The summed E-state index contributed by atoms with van der Waals surface area (Å²) in [6.45, 7) is 0. The van der Waals surface area contributed by atoms with Gasteiger partial charge < -0.3 is 15.1 Å². The predicted molar refractivity (Wildman–Crippen MR) is 86.3 cm³/mol. The lowest BCUT2D eigenvalue weighted by Gasteiger charge is -2.08. The molecule has 2 N–H and O–H groups in total. The number of anilines is 1. The monoisotopic (exact) mass is 382 g/mol. The number of hydrogen-bond acceptors (Lipinski definition) is 3. The van der Waals surface area contributed by atoms with Gasteiger partial charge >= 0.3 is 0 Å². The van der Waals surface area contributed by atoms with E-state index in [-0.39, 0.29) is 22.7 Å². The minimum absolute atomic E-state index is 0.179. The van der Waals surface area contributed by atoms with Crippen LogP contribution in [0.15, 0.2) is 39.4 Å². The highest BCUT2D eigenvalue weighted by Gasteiger charge is 2.24. The molecule has 0 unspecified atom stereocenters. The number of rotatable bonds is 4. The van der Waals surface area contributed by atoms with Crippen LogP contribution in [0.2, 0.25) is 5.02 Å². The van der Waals surface area contributed by atoms with E-state index < -0.39 is 5.91 Å². The summed E-state index contributed by atoms with van der Waals surface area (Å²) in [5.74, 6) is -0.407. The second kappa shape index (κ2) is 6.14. The fraction of sp³-hybridized carbons (Fsp3) is 0.200. The molecule has 7 heteroatoms. The normalized spacial score (nSPS) is 13.7. The zero-order valence-electron chi connectivity index (χ0n) is 11.4. The molecule has 0 atom stereocenters. The van der Waals surface area contributed by atoms with Gasteiger partial charge in [0.1, 0.15) is 0 Å². The van der Waals surface area contributed by atoms with E-state index in [1.54, 1.807) is 30.3 Å². The molecule has 1 aliphatic carbocycles. The van der Waals surface area contributed by atoms with E-state index in [4.69, 9.17) is 16.0 Å². The summed E-state index contributed by atoms with van der Waals surface area (Å²) in [7, 11) is 0. The van der Waals surface area contributed by atoms with E-state index in [0.29, 0.717) is 15.9 Å². The molecular weight excluding hydrogens is 372 g/mol. The number of amides is 2. The molecule has 0 saturated heterocycles. The molecule has 5 nitrogen and oxygen atoms in total. The third-order valence-electron chi connectivity index (χ3n) is 3.18. The highest BCUT2D eigenvalue weighted by molar-refractivity contribution is 9.10. The van der Waals surface area contributed by atoms with Gasteiger partial charge in [-0.05, 0) is 59.1 Å². The third-order valence-corrected chi connectivity index (χ3v) is 3.92. The van der Waals surface area contributed by atoms with E-state index in [2.05, 4.69) is 26.6 Å². The zero-order chi connectivity index (χ0) is 15.7. The molecule has 0 aliphatic heterocycles. The Morgan fingerprint density at radius 2 is 1.95 bits per heavy atom. The van der Waals surface area contributed by atoms with E-state index in [1.807, 2.05) is 0 Å². The van der Waals surface area contributed by atoms with Gasteiger partial charge in [-0.25, -0.2) is 0 Å². The fourth-order valence-electron chi connectivity index (χ4n) is 1.90. The van der Waals surface area contributed by atoms with Crippen LogP contribution in [0.25, 0.3) is 0 Å². The van der Waals surface area contributed by atoms with Crippen LogP contribution in [0.3, 0.4) is 0 Å². The Kier molecular flexibility index (Phi) is 4.22. The molecule has 0 spiro atoms. The van der Waals surface area contributed by atoms with Gasteiger partial charge in [0.25, 0.3) is 11.8 Å². The average Bonchev–Trinajstić information content (AvgIpc) is 3.16. The van der Waals surface area contributed by atoms with Crippen LogP contribution in [0, 0.1) is 0 Å². The van der Waals surface area contributed by atoms with Gasteiger partial charge in [-0.15, -0.1) is 0 Å². The number of benzene rings is 1. The Morgan fingerprint density at radius 3 is 2.55 bits per heavy atom. The first-order chi connectivity index (χ1) is 10.5. The van der Waals surface area contributed by atoms with Gasteiger partial charge in [0.2, 0.25) is 0 Å². The molecule has 114 valence electrons. The standard InChI is InChI=1S/C15H12BrClN2O3/c16-13-6-5-12(22-13)15(21)19-9-3-4-10(11(17)7-9)14(20)18-8-1-2-8/h3-8H,1-2H2,(H,18,20)(H,19,21). The van der Waals surface area contributed by atoms with Crippen LogP contribution < -0.4 is 10.6 Å². The molecule has 0 bridgehead atoms. The van der Waals surface area contributed by atoms with Gasteiger partial charge in [-0.2, -0.15) is 0 Å². The Bertz CT molecular complexity index is 740. The van der Waals surface area contributed by atoms with Crippen molar-refractivity contribution in [1.29, 1.82) is 0 Å². The lowest BCUT2D eigenvalue weighted by Crippen LogP contribution is -2.25. The van der Waals surface area contributed by atoms with Crippen molar-refractivity contribution in [3.8, 4) is 0 Å². The van der Waals surface area contributed by atoms with Crippen molar-refractivity contribution < 1.29 is 14.0 Å². The first kappa shape index (κ1) is 15.1. The summed E-state index contributed by atoms with van der Waals surface area (Å²) in [6.07, 6.45) is 2.02. The van der Waals surface area contributed by atoms with Gasteiger partial charge in [-0.3, -0.25) is 9.59 Å². The molecule has 1 heterocycles. The number of nitrogens with one attached hydrogen (secondary N) is 2. The van der Waals surface area contributed by atoms with Crippen molar-refractivity contribution in [3.05, 3.63) is 51.3 Å². The molecule has 22 heavy (non-hydrogen) atoms. The van der Waals surface area contributed by atoms with Crippen LogP contribution in [0.1, 0.15) is 33.8 Å². The van der Waals surface area contributed by atoms with E-state index in [1.165, 1.54) is 0 Å². The van der Waals surface area contributed by atoms with Crippen LogP contribution >= 0.6 is 27.5 Å². The maximum atomic E-state index is 12.0. The highest BCUT2D eigenvalue weighted by atomic mass is 79.9. The molecule has 1 saturated carbocycles. The first-order valence-corrected chi connectivity index (χ1v) is 7.87. The fourth-order valence-corrected chi connectivity index (χ4v) is 2.47. The summed E-state index contributed by atoms with van der Waals surface area (Å²) >= 11 is 9.25. The smallest absolute Gasteiger partial charge is 0.291 e. The zero-order valence-corrected chi connectivity index (χ0v) is 13.7. The lowest BCUT2D eigenvalue weighted by atomic mass is 10.2. The predicted octanol–water partition coefficient (Wildman–Crippen LogP) is 3.84. The second-order valence-electron chi connectivity index (χ2n) is 5.00. The topological polar surface area (TPSA) is 71.3 Å². The number of carbonyl (C=O) groups excluding carboxylic acids is 2. The third kappa shape index (κ3) is 3.51. The Morgan fingerprint density at radius 1 is 1.18 bits per heavy atom. The summed E-state index contributed by atoms with van der Waals surface area (Å²) in [5.41, 5.74) is 0.887. The Hall–Kier alpha value is -1.79. The van der Waals surface area contributed by atoms with Crippen molar-refractivity contribution in [1.82, 2.24) is 5.32 Å². The van der Waals surface area contributed by atoms with Crippen LogP contribution in [-0.4, -0.2) is 17.9 Å². The average molecular weight is 384 g/mol. The van der Waals surface area contributed by atoms with Crippen molar-refractivity contribution in [2.45, 2.75) is 18.9 Å². The van der Waals surface area contributed by atoms with E-state index in [0.717, 1.165) is 12.8 Å². The van der Waals surface area contributed by atoms with Crippen molar-refractivity contribution >= 4 is 45.0 Å². The first-order valence-electron chi connectivity index (χ1n) is 6.70. The molecule has 0 radical (unpaired) electrons. The molecule has 1 aliphatic rings. The van der Waals surface area contributed by atoms with Crippen molar-refractivity contribution in [2.75, 3.05) is 5.32 Å². The van der Waals surface area contributed by atoms with Gasteiger partial charge in [0, 0.05) is 11.7 Å². The van der Waals surface area contributed by atoms with Crippen molar-refractivity contribution in [2.24, 2.45) is 0 Å². The van der Waals surface area contributed by atoms with Gasteiger partial charge in [0.15, 0.2) is 10.4 Å². The highest BCUT2D eigenvalue weighted by Crippen LogP contribution is 2.24. The summed E-state index contributed by atoms with van der Waals surface area (Å²) in [6, 6.07) is 8.21. The summed E-state index contributed by atoms with van der Waals surface area (Å²) in [4.78, 5) is 23.9. The molecule has 2 aromatic rings. The quantitative estimate of drug-likeness (QED) is 0.842. The van der Waals surface area contributed by atoms with Crippen LogP contribution in [0.4, 0.5) is 5.69 Å². The minimum atomic E-state index is -0.392. The van der Waals surface area contributed by atoms with E-state index in [9.17, 15) is 9.59 Å². The van der Waals surface area contributed by atoms with Gasteiger partial charge in [0.05, 0.1) is 10.6 Å². The largest absolute Gasteiger partial charge is 0.444 e. The molecule has 2 amide bonds. The number of hydrogen-bond donors (Lipinski definition) is 2. The molecule has 1 aromatic carbocycles.